The fraction of sp³-hybridized carbons (Fsp3) is 0.158. The molecule has 1 heteroatoms. The van der Waals surface area contributed by atoms with Gasteiger partial charge in [0.05, 0.1) is 0 Å². The van der Waals surface area contributed by atoms with E-state index in [1.807, 2.05) is 0 Å². The maximum atomic E-state index is 2.49. The van der Waals surface area contributed by atoms with Crippen molar-refractivity contribution in [3.05, 3.63) is 204 Å². The summed E-state index contributed by atoms with van der Waals surface area (Å²) in [5.41, 5.74) is 19.3. The molecule has 0 aromatic heterocycles. The van der Waals surface area contributed by atoms with Gasteiger partial charge in [0.25, 0.3) is 0 Å². The van der Waals surface area contributed by atoms with Gasteiger partial charge in [-0.1, -0.05) is 168 Å². The fourth-order valence-electron chi connectivity index (χ4n) is 10.0. The Morgan fingerprint density at radius 2 is 0.879 bits per heavy atom. The quantitative estimate of drug-likeness (QED) is 0.147. The summed E-state index contributed by atoms with van der Waals surface area (Å²) in [5, 5.41) is 5.15. The molecule has 0 atom stereocenters. The summed E-state index contributed by atoms with van der Waals surface area (Å²) in [6, 6.07) is 61.1. The van der Waals surface area contributed by atoms with Gasteiger partial charge in [-0.05, 0) is 145 Å². The Kier molecular flexibility index (Phi) is 8.43. The van der Waals surface area contributed by atoms with Gasteiger partial charge in [-0.25, -0.2) is 0 Å². The second kappa shape index (κ2) is 13.6. The first kappa shape index (κ1) is 35.9. The van der Waals surface area contributed by atoms with E-state index in [1.54, 1.807) is 0 Å². The Morgan fingerprint density at radius 3 is 1.38 bits per heavy atom. The zero-order valence-corrected chi connectivity index (χ0v) is 34.4. The molecule has 1 nitrogen and oxygen atoms in total. The van der Waals surface area contributed by atoms with Crippen LogP contribution < -0.4 is 4.90 Å². The Bertz CT molecular complexity index is 2880. The van der Waals surface area contributed by atoms with Crippen LogP contribution in [0.1, 0.15) is 70.2 Å². The van der Waals surface area contributed by atoms with Gasteiger partial charge in [0.1, 0.15) is 0 Å². The molecule has 0 radical (unpaired) electrons. The minimum Gasteiger partial charge on any atom is -0.310 e. The van der Waals surface area contributed by atoms with E-state index in [2.05, 4.69) is 222 Å². The normalized spacial score (nSPS) is 14.9. The van der Waals surface area contributed by atoms with E-state index >= 15 is 0 Å². The van der Waals surface area contributed by atoms with Crippen LogP contribution in [0.25, 0.3) is 60.5 Å². The number of fused-ring (bicyclic) bond motifs is 6. The summed E-state index contributed by atoms with van der Waals surface area (Å²) < 4.78 is 0. The third-order valence-corrected chi connectivity index (χ3v) is 13.3. The second-order valence-corrected chi connectivity index (χ2v) is 17.2. The molecule has 0 saturated carbocycles. The predicted molar refractivity (Wildman–Crippen MR) is 250 cm³/mol. The molecule has 10 rings (SSSR count). The Morgan fingerprint density at radius 1 is 0.448 bits per heavy atom. The number of hydrogen-bond donors (Lipinski definition) is 0. The SMILES string of the molecule is CC/C=C\C1=C(C)C(C)(C)c2cc(-c3c4ccccc4c(-c4ccc5c(c4)C(C)(C)c4cc(N(c6ccccc6)c6ccccc6)ccc4-5)c4ccccc34)ccc21. The first-order valence-corrected chi connectivity index (χ1v) is 20.8. The molecule has 0 N–H and O–H groups in total. The molecular formula is C57H49N. The van der Waals surface area contributed by atoms with Gasteiger partial charge < -0.3 is 4.90 Å². The lowest BCUT2D eigenvalue weighted by atomic mass is 9.79. The van der Waals surface area contributed by atoms with Gasteiger partial charge in [-0.15, -0.1) is 0 Å². The third kappa shape index (κ3) is 5.44. The largest absolute Gasteiger partial charge is 0.310 e. The monoisotopic (exact) mass is 747 g/mol. The summed E-state index contributed by atoms with van der Waals surface area (Å²) in [5.74, 6) is 0. The number of allylic oxidation sites excluding steroid dienone is 4. The molecule has 8 aromatic rings. The van der Waals surface area contributed by atoms with E-state index in [4.69, 9.17) is 0 Å². The van der Waals surface area contributed by atoms with Crippen LogP contribution in [0.5, 0.6) is 0 Å². The van der Waals surface area contributed by atoms with E-state index in [9.17, 15) is 0 Å². The first-order chi connectivity index (χ1) is 28.2. The first-order valence-electron chi connectivity index (χ1n) is 20.8. The van der Waals surface area contributed by atoms with Crippen molar-refractivity contribution in [3.8, 4) is 33.4 Å². The zero-order valence-electron chi connectivity index (χ0n) is 34.4. The lowest BCUT2D eigenvalue weighted by Gasteiger charge is -2.28. The van der Waals surface area contributed by atoms with Crippen molar-refractivity contribution in [1.29, 1.82) is 0 Å². The van der Waals surface area contributed by atoms with E-state index in [0.29, 0.717) is 0 Å². The molecule has 8 aromatic carbocycles. The smallest absolute Gasteiger partial charge is 0.0465 e. The highest BCUT2D eigenvalue weighted by Gasteiger charge is 2.37. The minimum atomic E-state index is -0.199. The summed E-state index contributed by atoms with van der Waals surface area (Å²) >= 11 is 0. The maximum Gasteiger partial charge on any atom is 0.0465 e. The summed E-state index contributed by atoms with van der Waals surface area (Å²) in [6.07, 6.45) is 5.66. The van der Waals surface area contributed by atoms with Crippen molar-refractivity contribution >= 4 is 44.2 Å². The predicted octanol–water partition coefficient (Wildman–Crippen LogP) is 16.1. The van der Waals surface area contributed by atoms with Crippen LogP contribution in [0.3, 0.4) is 0 Å². The molecule has 0 heterocycles. The summed E-state index contributed by atoms with van der Waals surface area (Å²) in [7, 11) is 0. The molecule has 0 fully saturated rings. The van der Waals surface area contributed by atoms with Gasteiger partial charge in [0.15, 0.2) is 0 Å². The molecule has 0 aliphatic heterocycles. The van der Waals surface area contributed by atoms with Gasteiger partial charge >= 0.3 is 0 Å². The van der Waals surface area contributed by atoms with Crippen molar-refractivity contribution in [2.24, 2.45) is 0 Å². The lowest BCUT2D eigenvalue weighted by Crippen LogP contribution is -2.16. The maximum absolute atomic E-state index is 2.49. The lowest BCUT2D eigenvalue weighted by molar-refractivity contribution is 0.639. The topological polar surface area (TPSA) is 3.24 Å². The van der Waals surface area contributed by atoms with E-state index in [-0.39, 0.29) is 10.8 Å². The molecule has 58 heavy (non-hydrogen) atoms. The second-order valence-electron chi connectivity index (χ2n) is 17.2. The van der Waals surface area contributed by atoms with Crippen LogP contribution in [0.15, 0.2) is 182 Å². The van der Waals surface area contributed by atoms with Crippen LogP contribution in [-0.4, -0.2) is 0 Å². The molecule has 2 aliphatic rings. The number of para-hydroxylation sites is 2. The van der Waals surface area contributed by atoms with Crippen molar-refractivity contribution in [2.75, 3.05) is 4.90 Å². The minimum absolute atomic E-state index is 0.0404. The Balaban J connectivity index is 1.12. The number of hydrogen-bond acceptors (Lipinski definition) is 1. The molecule has 0 bridgehead atoms. The van der Waals surface area contributed by atoms with Crippen LogP contribution in [0, 0.1) is 0 Å². The van der Waals surface area contributed by atoms with E-state index in [0.717, 1.165) is 17.8 Å². The van der Waals surface area contributed by atoms with Crippen molar-refractivity contribution in [2.45, 2.75) is 58.8 Å². The fourth-order valence-corrected chi connectivity index (χ4v) is 10.0. The van der Waals surface area contributed by atoms with Crippen molar-refractivity contribution < 1.29 is 0 Å². The molecule has 0 unspecified atom stereocenters. The number of benzene rings is 8. The zero-order chi connectivity index (χ0) is 39.8. The van der Waals surface area contributed by atoms with Gasteiger partial charge in [0, 0.05) is 27.9 Å². The number of rotatable bonds is 7. The van der Waals surface area contributed by atoms with Gasteiger partial charge in [0.2, 0.25) is 0 Å². The highest BCUT2D eigenvalue weighted by atomic mass is 15.1. The number of nitrogens with zero attached hydrogens (tertiary/aromatic N) is 1. The molecule has 282 valence electrons. The van der Waals surface area contributed by atoms with E-state index < -0.39 is 0 Å². The average Bonchev–Trinajstić information content (AvgIpc) is 3.59. The van der Waals surface area contributed by atoms with Crippen LogP contribution in [0.2, 0.25) is 0 Å². The Hall–Kier alpha value is -6.44. The Labute approximate surface area is 343 Å². The van der Waals surface area contributed by atoms with E-state index in [1.165, 1.54) is 94.0 Å². The molecule has 0 amide bonds. The third-order valence-electron chi connectivity index (χ3n) is 13.3. The van der Waals surface area contributed by atoms with Gasteiger partial charge in [-0.2, -0.15) is 0 Å². The molecule has 2 aliphatic carbocycles. The van der Waals surface area contributed by atoms with Gasteiger partial charge in [-0.3, -0.25) is 0 Å². The standard InChI is InChI=1S/C57H49N/c1-7-8-23-43-37(2)56(3,4)51-34-38(28-31-44(43)51)54-47-24-15-17-26-49(47)55(50-27-18-16-25-48(50)54)39-29-32-45-46-33-30-42(36-53(46)57(5,6)52(45)35-39)58(40-19-11-9-12-20-40)41-21-13-10-14-22-41/h8-36H,7H2,1-6H3/b23-8-. The summed E-state index contributed by atoms with van der Waals surface area (Å²) in [6.45, 7) is 14.1. The van der Waals surface area contributed by atoms with Crippen LogP contribution in [0.4, 0.5) is 17.1 Å². The van der Waals surface area contributed by atoms with Crippen molar-refractivity contribution in [3.63, 3.8) is 0 Å². The van der Waals surface area contributed by atoms with Crippen LogP contribution >= 0.6 is 0 Å². The number of anilines is 3. The average molecular weight is 748 g/mol. The van der Waals surface area contributed by atoms with Crippen LogP contribution in [-0.2, 0) is 10.8 Å². The molecular weight excluding hydrogens is 699 g/mol. The van der Waals surface area contributed by atoms with Crippen molar-refractivity contribution in [1.82, 2.24) is 0 Å². The highest BCUT2D eigenvalue weighted by molar-refractivity contribution is 6.21. The highest BCUT2D eigenvalue weighted by Crippen LogP contribution is 2.54. The molecule has 0 saturated heterocycles. The molecule has 0 spiro atoms. The summed E-state index contributed by atoms with van der Waals surface area (Å²) in [4.78, 5) is 2.37.